The van der Waals surface area contributed by atoms with Crippen molar-refractivity contribution >= 4 is 6.41 Å². The molecule has 0 radical (unpaired) electrons. The summed E-state index contributed by atoms with van der Waals surface area (Å²) < 4.78 is 43.5. The van der Waals surface area contributed by atoms with Crippen LogP contribution in [0.3, 0.4) is 0 Å². The van der Waals surface area contributed by atoms with Gasteiger partial charge in [-0.2, -0.15) is 13.2 Å². The number of hydrogen-bond donors (Lipinski definition) is 0. The molecular formula is C15H16F3NO2. The van der Waals surface area contributed by atoms with E-state index in [0.29, 0.717) is 11.3 Å². The van der Waals surface area contributed by atoms with Crippen molar-refractivity contribution in [2.45, 2.75) is 32.0 Å². The summed E-state index contributed by atoms with van der Waals surface area (Å²) in [6.45, 7) is 3.15. The Labute approximate surface area is 120 Å². The molecule has 1 heterocycles. The number of amides is 1. The molecule has 114 valence electrons. The summed E-state index contributed by atoms with van der Waals surface area (Å²) in [5, 5.41) is 0. The maximum absolute atomic E-state index is 12.6. The van der Waals surface area contributed by atoms with E-state index in [0.717, 1.165) is 44.5 Å². The molecule has 3 rings (SSSR count). The molecule has 21 heavy (non-hydrogen) atoms. The molecule has 0 N–H and O–H groups in total. The summed E-state index contributed by atoms with van der Waals surface area (Å²) in [5.41, 5.74) is 0.0257. The Morgan fingerprint density at radius 2 is 2.00 bits per heavy atom. The average Bonchev–Trinajstić information content (AvgIpc) is 2.31. The zero-order chi connectivity index (χ0) is 15.3. The Kier molecular flexibility index (Phi) is 3.15. The number of aryl methyl sites for hydroxylation is 1. The van der Waals surface area contributed by atoms with Gasteiger partial charge in [-0.05, 0) is 43.5 Å². The van der Waals surface area contributed by atoms with Gasteiger partial charge in [0.25, 0.3) is 0 Å². The Morgan fingerprint density at radius 3 is 2.52 bits per heavy atom. The predicted octanol–water partition coefficient (Wildman–Crippen LogP) is 3.01. The molecule has 0 unspecified atom stereocenters. The van der Waals surface area contributed by atoms with Crippen LogP contribution in [0, 0.1) is 12.3 Å². The van der Waals surface area contributed by atoms with E-state index in [9.17, 15) is 18.0 Å². The van der Waals surface area contributed by atoms with Crippen LogP contribution in [0.5, 0.6) is 5.75 Å². The number of likely N-dealkylation sites (tertiary alicyclic amines) is 1. The van der Waals surface area contributed by atoms with Gasteiger partial charge in [0, 0.05) is 18.5 Å². The second-order valence-corrected chi connectivity index (χ2v) is 6.14. The highest BCUT2D eigenvalue weighted by atomic mass is 19.4. The Balaban J connectivity index is 1.59. The first-order valence-electron chi connectivity index (χ1n) is 6.85. The van der Waals surface area contributed by atoms with Crippen LogP contribution < -0.4 is 4.74 Å². The smallest absolute Gasteiger partial charge is 0.416 e. The van der Waals surface area contributed by atoms with Gasteiger partial charge in [-0.1, -0.05) is 0 Å². The van der Waals surface area contributed by atoms with Crippen LogP contribution in [0.1, 0.15) is 24.0 Å². The van der Waals surface area contributed by atoms with Crippen LogP contribution in [0.15, 0.2) is 18.2 Å². The first-order valence-corrected chi connectivity index (χ1v) is 6.85. The molecule has 1 aliphatic carbocycles. The maximum Gasteiger partial charge on any atom is 0.416 e. The van der Waals surface area contributed by atoms with Gasteiger partial charge in [-0.25, -0.2) is 0 Å². The van der Waals surface area contributed by atoms with Crippen LogP contribution in [0.2, 0.25) is 0 Å². The third kappa shape index (κ3) is 2.59. The minimum absolute atomic E-state index is 0.0363. The first kappa shape index (κ1) is 14.2. The molecule has 1 aromatic rings. The molecule has 6 heteroatoms. The Morgan fingerprint density at radius 1 is 1.33 bits per heavy atom. The number of rotatable bonds is 3. The van der Waals surface area contributed by atoms with Crippen LogP contribution in [-0.4, -0.2) is 30.5 Å². The third-order valence-electron chi connectivity index (χ3n) is 4.34. The zero-order valence-corrected chi connectivity index (χ0v) is 11.6. The second kappa shape index (κ2) is 4.64. The predicted molar refractivity (Wildman–Crippen MR) is 69.9 cm³/mol. The average molecular weight is 299 g/mol. The highest BCUT2D eigenvalue weighted by molar-refractivity contribution is 5.49. The summed E-state index contributed by atoms with van der Waals surface area (Å²) in [4.78, 5) is 12.3. The molecule has 1 amide bonds. The lowest BCUT2D eigenvalue weighted by Crippen LogP contribution is -2.64. The molecule has 1 aliphatic heterocycles. The third-order valence-corrected chi connectivity index (χ3v) is 4.34. The zero-order valence-electron chi connectivity index (χ0n) is 11.6. The molecule has 1 aromatic carbocycles. The van der Waals surface area contributed by atoms with Crippen molar-refractivity contribution in [3.05, 3.63) is 29.3 Å². The van der Waals surface area contributed by atoms with Gasteiger partial charge in [-0.3, -0.25) is 4.79 Å². The number of carbonyl (C=O) groups is 1. The van der Waals surface area contributed by atoms with Gasteiger partial charge in [0.1, 0.15) is 11.9 Å². The fourth-order valence-electron chi connectivity index (χ4n) is 3.28. The van der Waals surface area contributed by atoms with Crippen molar-refractivity contribution < 1.29 is 22.7 Å². The lowest BCUT2D eigenvalue weighted by atomic mass is 9.62. The molecule has 2 fully saturated rings. The monoisotopic (exact) mass is 299 g/mol. The topological polar surface area (TPSA) is 29.5 Å². The van der Waals surface area contributed by atoms with Gasteiger partial charge in [0.05, 0.1) is 5.56 Å². The van der Waals surface area contributed by atoms with Gasteiger partial charge in [-0.15, -0.1) is 0 Å². The fourth-order valence-corrected chi connectivity index (χ4v) is 3.28. The lowest BCUT2D eigenvalue weighted by Gasteiger charge is -2.57. The van der Waals surface area contributed by atoms with Gasteiger partial charge >= 0.3 is 6.18 Å². The number of halogens is 3. The SMILES string of the molecule is Cc1cc(C(F)(F)F)ccc1OC1CC2(C1)CN(C=O)C2. The Bertz CT molecular complexity index is 557. The molecule has 3 nitrogen and oxygen atoms in total. The van der Waals surface area contributed by atoms with Gasteiger partial charge < -0.3 is 9.64 Å². The first-order chi connectivity index (χ1) is 9.81. The molecule has 0 bridgehead atoms. The number of benzene rings is 1. The van der Waals surface area contributed by atoms with E-state index in [4.69, 9.17) is 4.74 Å². The summed E-state index contributed by atoms with van der Waals surface area (Å²) >= 11 is 0. The normalized spacial score (nSPS) is 20.9. The van der Waals surface area contributed by atoms with Crippen molar-refractivity contribution in [2.24, 2.45) is 5.41 Å². The van der Waals surface area contributed by atoms with E-state index in [1.54, 1.807) is 11.8 Å². The van der Waals surface area contributed by atoms with Crippen LogP contribution in [0.4, 0.5) is 13.2 Å². The number of nitrogens with zero attached hydrogens (tertiary/aromatic N) is 1. The molecule has 0 aromatic heterocycles. The summed E-state index contributed by atoms with van der Waals surface area (Å²) in [6.07, 6.45) is -1.72. The quantitative estimate of drug-likeness (QED) is 0.803. The summed E-state index contributed by atoms with van der Waals surface area (Å²) in [6, 6.07) is 3.55. The van der Waals surface area contributed by atoms with Crippen LogP contribution >= 0.6 is 0 Å². The van der Waals surface area contributed by atoms with Crippen molar-refractivity contribution in [3.8, 4) is 5.75 Å². The minimum atomic E-state index is -4.33. The molecular weight excluding hydrogens is 283 g/mol. The maximum atomic E-state index is 12.6. The van der Waals surface area contributed by atoms with Crippen molar-refractivity contribution in [1.82, 2.24) is 4.90 Å². The number of carbonyl (C=O) groups excluding carboxylic acids is 1. The molecule has 1 saturated carbocycles. The van der Waals surface area contributed by atoms with Gasteiger partial charge in [0.15, 0.2) is 0 Å². The standard InChI is InChI=1S/C15H16F3NO2/c1-10-4-11(15(16,17)18)2-3-13(10)21-12-5-14(6-12)7-19(8-14)9-20/h2-4,9,12H,5-8H2,1H3. The van der Waals surface area contributed by atoms with E-state index in [2.05, 4.69) is 0 Å². The molecule has 1 spiro atoms. The summed E-state index contributed by atoms with van der Waals surface area (Å²) in [7, 11) is 0. The minimum Gasteiger partial charge on any atom is -0.490 e. The van der Waals surface area contributed by atoms with E-state index in [1.807, 2.05) is 0 Å². The van der Waals surface area contributed by atoms with E-state index < -0.39 is 11.7 Å². The Hall–Kier alpha value is -1.72. The van der Waals surface area contributed by atoms with E-state index >= 15 is 0 Å². The van der Waals surface area contributed by atoms with Gasteiger partial charge in [0.2, 0.25) is 6.41 Å². The van der Waals surface area contributed by atoms with Crippen molar-refractivity contribution in [2.75, 3.05) is 13.1 Å². The second-order valence-electron chi connectivity index (χ2n) is 6.14. The molecule has 0 atom stereocenters. The van der Waals surface area contributed by atoms with Crippen LogP contribution in [-0.2, 0) is 11.0 Å². The number of ether oxygens (including phenoxy) is 1. The van der Waals surface area contributed by atoms with Crippen LogP contribution in [0.25, 0.3) is 0 Å². The summed E-state index contributed by atoms with van der Waals surface area (Å²) in [5.74, 6) is 0.509. The van der Waals surface area contributed by atoms with Crippen molar-refractivity contribution in [3.63, 3.8) is 0 Å². The molecule has 2 aliphatic rings. The highest BCUT2D eigenvalue weighted by Gasteiger charge is 2.53. The van der Waals surface area contributed by atoms with E-state index in [1.165, 1.54) is 6.07 Å². The lowest BCUT2D eigenvalue weighted by molar-refractivity contribution is -0.147. The number of alkyl halides is 3. The fraction of sp³-hybridized carbons (Fsp3) is 0.533. The van der Waals surface area contributed by atoms with Crippen molar-refractivity contribution in [1.29, 1.82) is 0 Å². The highest BCUT2D eigenvalue weighted by Crippen LogP contribution is 2.49. The molecule has 1 saturated heterocycles. The van der Waals surface area contributed by atoms with E-state index in [-0.39, 0.29) is 11.5 Å². The number of hydrogen-bond acceptors (Lipinski definition) is 2. The largest absolute Gasteiger partial charge is 0.490 e.